The molecule has 0 saturated heterocycles. The summed E-state index contributed by atoms with van der Waals surface area (Å²) in [6.45, 7) is 1.52. The summed E-state index contributed by atoms with van der Waals surface area (Å²) in [6, 6.07) is 10.7. The van der Waals surface area contributed by atoms with E-state index in [0.29, 0.717) is 50.4 Å². The highest BCUT2D eigenvalue weighted by Crippen LogP contribution is 2.40. The standard InChI is InChI=1S/C21H21BrN4O4/c1-12(27)14-7-5-6-8-16(14)25-20-15(22)11-23-21(26-20)24-13-9-17(28-2)19(30-4)18(10-13)29-3/h5-11H,1-4H3,(H2,23,24,25,26). The molecule has 2 aromatic carbocycles. The number of benzene rings is 2. The number of aromatic nitrogens is 2. The van der Waals surface area contributed by atoms with Crippen molar-refractivity contribution in [2.24, 2.45) is 0 Å². The predicted molar refractivity (Wildman–Crippen MR) is 119 cm³/mol. The van der Waals surface area contributed by atoms with E-state index in [1.165, 1.54) is 6.92 Å². The number of nitrogens with zero attached hydrogens (tertiary/aromatic N) is 2. The van der Waals surface area contributed by atoms with Crippen LogP contribution in [0.25, 0.3) is 0 Å². The SMILES string of the molecule is COc1cc(Nc2ncc(Br)c(Nc3ccccc3C(C)=O)n2)cc(OC)c1OC. The Morgan fingerprint density at radius 1 is 1.00 bits per heavy atom. The summed E-state index contributed by atoms with van der Waals surface area (Å²) < 4.78 is 16.7. The minimum Gasteiger partial charge on any atom is -0.493 e. The van der Waals surface area contributed by atoms with Crippen molar-refractivity contribution in [2.45, 2.75) is 6.92 Å². The van der Waals surface area contributed by atoms with Crippen LogP contribution in [0.4, 0.5) is 23.1 Å². The smallest absolute Gasteiger partial charge is 0.229 e. The van der Waals surface area contributed by atoms with E-state index < -0.39 is 0 Å². The zero-order chi connectivity index (χ0) is 21.7. The van der Waals surface area contributed by atoms with Crippen LogP contribution < -0.4 is 24.8 Å². The second-order valence-electron chi connectivity index (χ2n) is 6.16. The Labute approximate surface area is 182 Å². The maximum atomic E-state index is 11.9. The molecule has 156 valence electrons. The van der Waals surface area contributed by atoms with Gasteiger partial charge < -0.3 is 24.8 Å². The topological polar surface area (TPSA) is 94.6 Å². The van der Waals surface area contributed by atoms with Gasteiger partial charge in [0.25, 0.3) is 0 Å². The van der Waals surface area contributed by atoms with Crippen molar-refractivity contribution in [2.75, 3.05) is 32.0 Å². The number of ketones is 1. The second-order valence-corrected chi connectivity index (χ2v) is 7.01. The zero-order valence-corrected chi connectivity index (χ0v) is 18.5. The van der Waals surface area contributed by atoms with Crippen LogP contribution in [-0.4, -0.2) is 37.1 Å². The van der Waals surface area contributed by atoms with Crippen LogP contribution in [-0.2, 0) is 0 Å². The van der Waals surface area contributed by atoms with Crippen LogP contribution in [0.2, 0.25) is 0 Å². The van der Waals surface area contributed by atoms with Gasteiger partial charge in [0, 0.05) is 29.6 Å². The summed E-state index contributed by atoms with van der Waals surface area (Å²) in [6.07, 6.45) is 1.62. The zero-order valence-electron chi connectivity index (χ0n) is 16.9. The van der Waals surface area contributed by atoms with Gasteiger partial charge in [0.2, 0.25) is 11.7 Å². The molecule has 9 heteroatoms. The van der Waals surface area contributed by atoms with Crippen molar-refractivity contribution in [1.29, 1.82) is 0 Å². The highest BCUT2D eigenvalue weighted by molar-refractivity contribution is 9.10. The summed E-state index contributed by atoms with van der Waals surface area (Å²) in [5.41, 5.74) is 1.88. The van der Waals surface area contributed by atoms with Crippen LogP contribution in [0.3, 0.4) is 0 Å². The number of hydrogen-bond acceptors (Lipinski definition) is 8. The Morgan fingerprint density at radius 2 is 1.67 bits per heavy atom. The lowest BCUT2D eigenvalue weighted by Gasteiger charge is -2.15. The molecule has 0 aliphatic rings. The Kier molecular flexibility index (Phi) is 6.73. The van der Waals surface area contributed by atoms with E-state index in [1.807, 2.05) is 18.2 Å². The number of halogens is 1. The Bertz CT molecular complexity index is 1050. The number of para-hydroxylation sites is 1. The minimum atomic E-state index is -0.0425. The first-order chi connectivity index (χ1) is 14.5. The molecule has 0 amide bonds. The Morgan fingerprint density at radius 3 is 2.27 bits per heavy atom. The van der Waals surface area contributed by atoms with Crippen molar-refractivity contribution in [3.63, 3.8) is 0 Å². The quantitative estimate of drug-likeness (QED) is 0.444. The number of rotatable bonds is 8. The third-order valence-corrected chi connectivity index (χ3v) is 4.80. The maximum Gasteiger partial charge on any atom is 0.229 e. The molecule has 0 aliphatic carbocycles. The van der Waals surface area contributed by atoms with Gasteiger partial charge in [-0.1, -0.05) is 12.1 Å². The number of Topliss-reactive ketones (excluding diaryl/α,β-unsaturated/α-hetero) is 1. The maximum absolute atomic E-state index is 11.9. The number of methoxy groups -OCH3 is 3. The molecule has 30 heavy (non-hydrogen) atoms. The van der Waals surface area contributed by atoms with Crippen LogP contribution in [0, 0.1) is 0 Å². The largest absolute Gasteiger partial charge is 0.493 e. The Balaban J connectivity index is 1.92. The molecule has 0 spiro atoms. The van der Waals surface area contributed by atoms with E-state index in [4.69, 9.17) is 14.2 Å². The van der Waals surface area contributed by atoms with E-state index in [9.17, 15) is 4.79 Å². The molecule has 0 bridgehead atoms. The van der Waals surface area contributed by atoms with Crippen molar-refractivity contribution < 1.29 is 19.0 Å². The molecule has 3 aromatic rings. The number of carbonyl (C=O) groups excluding carboxylic acids is 1. The summed E-state index contributed by atoms with van der Waals surface area (Å²) in [7, 11) is 4.64. The van der Waals surface area contributed by atoms with Crippen LogP contribution >= 0.6 is 15.9 Å². The monoisotopic (exact) mass is 472 g/mol. The molecule has 8 nitrogen and oxygen atoms in total. The summed E-state index contributed by atoms with van der Waals surface area (Å²) in [5, 5.41) is 6.31. The fourth-order valence-electron chi connectivity index (χ4n) is 2.82. The number of nitrogens with one attached hydrogen (secondary N) is 2. The minimum absolute atomic E-state index is 0.0425. The van der Waals surface area contributed by atoms with Gasteiger partial charge in [0.05, 0.1) is 31.5 Å². The van der Waals surface area contributed by atoms with Gasteiger partial charge in [-0.05, 0) is 35.0 Å². The number of carbonyl (C=O) groups is 1. The fraction of sp³-hybridized carbons (Fsp3) is 0.190. The molecule has 1 aromatic heterocycles. The molecule has 1 heterocycles. The number of anilines is 4. The van der Waals surface area contributed by atoms with E-state index in [2.05, 4.69) is 36.5 Å². The van der Waals surface area contributed by atoms with Crippen molar-refractivity contribution in [3.8, 4) is 17.2 Å². The van der Waals surface area contributed by atoms with E-state index >= 15 is 0 Å². The van der Waals surface area contributed by atoms with Gasteiger partial charge in [-0.15, -0.1) is 0 Å². The lowest BCUT2D eigenvalue weighted by molar-refractivity contribution is 0.101. The average Bonchev–Trinajstić information content (AvgIpc) is 2.75. The van der Waals surface area contributed by atoms with Gasteiger partial charge in [-0.3, -0.25) is 4.79 Å². The second kappa shape index (κ2) is 9.45. The first kappa shape index (κ1) is 21.4. The molecule has 0 radical (unpaired) electrons. The molecule has 0 saturated carbocycles. The van der Waals surface area contributed by atoms with Gasteiger partial charge in [0.1, 0.15) is 5.82 Å². The molecule has 0 fully saturated rings. The van der Waals surface area contributed by atoms with Crippen molar-refractivity contribution in [1.82, 2.24) is 9.97 Å². The molecule has 0 aliphatic heterocycles. The lowest BCUT2D eigenvalue weighted by Crippen LogP contribution is -2.05. The normalized spacial score (nSPS) is 10.3. The number of hydrogen-bond donors (Lipinski definition) is 2. The van der Waals surface area contributed by atoms with Crippen molar-refractivity contribution in [3.05, 3.63) is 52.6 Å². The van der Waals surface area contributed by atoms with E-state index in [1.54, 1.807) is 45.7 Å². The van der Waals surface area contributed by atoms with Crippen LogP contribution in [0.15, 0.2) is 47.1 Å². The fourth-order valence-corrected chi connectivity index (χ4v) is 3.11. The summed E-state index contributed by atoms with van der Waals surface area (Å²) in [5.74, 6) is 2.31. The lowest BCUT2D eigenvalue weighted by atomic mass is 10.1. The Hall–Kier alpha value is -3.33. The third kappa shape index (κ3) is 4.62. The van der Waals surface area contributed by atoms with E-state index in [0.717, 1.165) is 0 Å². The van der Waals surface area contributed by atoms with Gasteiger partial charge in [0.15, 0.2) is 17.3 Å². The average molecular weight is 473 g/mol. The molecule has 2 N–H and O–H groups in total. The first-order valence-electron chi connectivity index (χ1n) is 8.93. The van der Waals surface area contributed by atoms with Crippen LogP contribution in [0.1, 0.15) is 17.3 Å². The van der Waals surface area contributed by atoms with Crippen molar-refractivity contribution >= 4 is 44.9 Å². The summed E-state index contributed by atoms with van der Waals surface area (Å²) in [4.78, 5) is 20.7. The molecular weight excluding hydrogens is 452 g/mol. The van der Waals surface area contributed by atoms with Gasteiger partial charge in [-0.25, -0.2) is 4.98 Å². The molecular formula is C21H21BrN4O4. The van der Waals surface area contributed by atoms with Gasteiger partial charge >= 0.3 is 0 Å². The summed E-state index contributed by atoms with van der Waals surface area (Å²) >= 11 is 3.44. The molecule has 3 rings (SSSR count). The third-order valence-electron chi connectivity index (χ3n) is 4.22. The highest BCUT2D eigenvalue weighted by atomic mass is 79.9. The van der Waals surface area contributed by atoms with E-state index in [-0.39, 0.29) is 5.78 Å². The molecule has 0 atom stereocenters. The highest BCUT2D eigenvalue weighted by Gasteiger charge is 2.15. The van der Waals surface area contributed by atoms with Crippen LogP contribution in [0.5, 0.6) is 17.2 Å². The number of ether oxygens (including phenoxy) is 3. The van der Waals surface area contributed by atoms with Gasteiger partial charge in [-0.2, -0.15) is 4.98 Å². The predicted octanol–water partition coefficient (Wildman–Crippen LogP) is 4.95. The first-order valence-corrected chi connectivity index (χ1v) is 9.72. The molecule has 0 unspecified atom stereocenters.